The second-order valence-electron chi connectivity index (χ2n) is 8.35. The maximum Gasteiger partial charge on any atom is 0.325 e. The zero-order chi connectivity index (χ0) is 23.9. The number of benzene rings is 3. The van der Waals surface area contributed by atoms with Crippen LogP contribution in [0.5, 0.6) is 0 Å². The molecular weight excluding hydrogens is 430 g/mol. The van der Waals surface area contributed by atoms with Gasteiger partial charge in [0.05, 0.1) is 6.54 Å². The number of imide groups is 1. The Hall–Kier alpha value is -4.53. The summed E-state index contributed by atoms with van der Waals surface area (Å²) in [4.78, 5) is 40.2. The third kappa shape index (κ3) is 3.66. The van der Waals surface area contributed by atoms with Crippen LogP contribution < -0.4 is 16.4 Å². The first-order valence-corrected chi connectivity index (χ1v) is 10.8. The fraction of sp³-hybridized carbons (Fsp3) is 0.160. The Kier molecular flexibility index (Phi) is 5.09. The number of urea groups is 1. The Labute approximate surface area is 196 Å². The average molecular weight is 454 g/mol. The van der Waals surface area contributed by atoms with Gasteiger partial charge in [0.25, 0.3) is 5.91 Å². The van der Waals surface area contributed by atoms with Crippen LogP contribution in [0.25, 0.3) is 10.8 Å². The van der Waals surface area contributed by atoms with E-state index in [1.54, 1.807) is 6.92 Å². The summed E-state index contributed by atoms with van der Waals surface area (Å²) < 4.78 is 0. The van der Waals surface area contributed by atoms with E-state index in [0.29, 0.717) is 0 Å². The highest BCUT2D eigenvalue weighted by molar-refractivity contribution is 6.09. The van der Waals surface area contributed by atoms with E-state index in [9.17, 15) is 9.59 Å². The third-order valence-corrected chi connectivity index (χ3v) is 5.99. The van der Waals surface area contributed by atoms with Crippen molar-refractivity contribution in [2.45, 2.75) is 25.9 Å². The van der Waals surface area contributed by atoms with Crippen molar-refractivity contribution >= 4 is 40.3 Å². The van der Waals surface area contributed by atoms with Gasteiger partial charge in [0.1, 0.15) is 5.54 Å². The average Bonchev–Trinajstić information content (AvgIpc) is 3.03. The van der Waals surface area contributed by atoms with Crippen molar-refractivity contribution < 1.29 is 9.59 Å². The summed E-state index contributed by atoms with van der Waals surface area (Å²) in [5, 5.41) is 7.86. The minimum atomic E-state index is -1.22. The normalized spacial score (nSPS) is 17.8. The van der Waals surface area contributed by atoms with Crippen LogP contribution >= 0.6 is 0 Å². The lowest BCUT2D eigenvalue weighted by atomic mass is 9.88. The predicted octanol–water partition coefficient (Wildman–Crippen LogP) is 3.63. The number of nitrogens with two attached hydrogens (primary N) is 1. The molecule has 2 heterocycles. The number of aryl methyl sites for hydroxylation is 1. The lowest BCUT2D eigenvalue weighted by Crippen LogP contribution is -2.41. The van der Waals surface area contributed by atoms with Gasteiger partial charge >= 0.3 is 6.03 Å². The Balaban J connectivity index is 1.44. The zero-order valence-corrected chi connectivity index (χ0v) is 18.7. The molecule has 1 fully saturated rings. The summed E-state index contributed by atoms with van der Waals surface area (Å²) in [6.07, 6.45) is 0. The molecule has 170 valence electrons. The van der Waals surface area contributed by atoms with Crippen LogP contribution in [-0.2, 0) is 16.9 Å². The fourth-order valence-electron chi connectivity index (χ4n) is 4.22. The van der Waals surface area contributed by atoms with Crippen molar-refractivity contribution in [3.05, 3.63) is 83.7 Å². The van der Waals surface area contributed by atoms with Crippen molar-refractivity contribution in [2.75, 3.05) is 11.1 Å². The smallest absolute Gasteiger partial charge is 0.325 e. The molecule has 5 rings (SSSR count). The number of anilines is 3. The number of hydrogen-bond donors (Lipinski definition) is 3. The van der Waals surface area contributed by atoms with Crippen LogP contribution in [0.4, 0.5) is 22.4 Å². The van der Waals surface area contributed by atoms with E-state index in [1.165, 1.54) is 0 Å². The molecule has 0 saturated carbocycles. The van der Waals surface area contributed by atoms with Gasteiger partial charge in [-0.05, 0) is 41.8 Å². The fourth-order valence-corrected chi connectivity index (χ4v) is 4.22. The topological polar surface area (TPSA) is 126 Å². The summed E-state index contributed by atoms with van der Waals surface area (Å²) >= 11 is 0. The molecular formula is C25H23N7O2. The molecule has 9 heteroatoms. The highest BCUT2D eigenvalue weighted by Gasteiger charge is 2.49. The van der Waals surface area contributed by atoms with Crippen molar-refractivity contribution in [1.29, 1.82) is 0 Å². The quantitative estimate of drug-likeness (QED) is 0.394. The molecule has 1 atom stereocenters. The van der Waals surface area contributed by atoms with Crippen LogP contribution in [0.2, 0.25) is 0 Å². The van der Waals surface area contributed by atoms with Gasteiger partial charge in [0.15, 0.2) is 5.82 Å². The number of nitrogen functional groups attached to an aromatic ring is 1. The van der Waals surface area contributed by atoms with Gasteiger partial charge in [-0.2, -0.15) is 15.0 Å². The minimum absolute atomic E-state index is 0.00930. The van der Waals surface area contributed by atoms with Crippen molar-refractivity contribution in [3.8, 4) is 0 Å². The number of amides is 3. The number of aromatic nitrogens is 3. The van der Waals surface area contributed by atoms with E-state index >= 15 is 0 Å². The Morgan fingerprint density at radius 1 is 0.971 bits per heavy atom. The third-order valence-electron chi connectivity index (χ3n) is 5.99. The molecule has 0 radical (unpaired) electrons. The monoisotopic (exact) mass is 453 g/mol. The summed E-state index contributed by atoms with van der Waals surface area (Å²) in [6, 6.07) is 20.6. The summed E-state index contributed by atoms with van der Waals surface area (Å²) in [7, 11) is 0. The highest BCUT2D eigenvalue weighted by atomic mass is 16.2. The number of carbonyl (C=O) groups is 2. The van der Waals surface area contributed by atoms with Gasteiger partial charge in [-0.1, -0.05) is 60.7 Å². The number of para-hydroxylation sites is 1. The number of hydrogen-bond acceptors (Lipinski definition) is 7. The van der Waals surface area contributed by atoms with Crippen LogP contribution in [0.3, 0.4) is 0 Å². The summed E-state index contributed by atoms with van der Waals surface area (Å²) in [5.74, 6) is 0.0427. The lowest BCUT2D eigenvalue weighted by molar-refractivity contribution is -0.131. The van der Waals surface area contributed by atoms with E-state index < -0.39 is 11.6 Å². The van der Waals surface area contributed by atoms with Gasteiger partial charge in [-0.3, -0.25) is 9.69 Å². The Morgan fingerprint density at radius 3 is 2.53 bits per heavy atom. The number of fused-ring (bicyclic) bond motifs is 1. The van der Waals surface area contributed by atoms with Crippen LogP contribution in [-0.4, -0.2) is 31.8 Å². The molecule has 0 unspecified atom stereocenters. The molecule has 1 aliphatic heterocycles. The summed E-state index contributed by atoms with van der Waals surface area (Å²) in [6.45, 7) is 3.53. The molecule has 0 aliphatic carbocycles. The van der Waals surface area contributed by atoms with Gasteiger partial charge in [-0.25, -0.2) is 4.79 Å². The van der Waals surface area contributed by atoms with Crippen molar-refractivity contribution in [1.82, 2.24) is 25.2 Å². The number of nitrogens with one attached hydrogen (secondary N) is 2. The van der Waals surface area contributed by atoms with Crippen molar-refractivity contribution in [3.63, 3.8) is 0 Å². The lowest BCUT2D eigenvalue weighted by Gasteiger charge is -2.24. The predicted molar refractivity (Wildman–Crippen MR) is 129 cm³/mol. The second kappa shape index (κ2) is 8.11. The highest BCUT2D eigenvalue weighted by Crippen LogP contribution is 2.34. The second-order valence-corrected chi connectivity index (χ2v) is 8.35. The first-order valence-electron chi connectivity index (χ1n) is 10.8. The van der Waals surface area contributed by atoms with Crippen LogP contribution in [0, 0.1) is 6.92 Å². The molecule has 9 nitrogen and oxygen atoms in total. The Morgan fingerprint density at radius 2 is 1.71 bits per heavy atom. The van der Waals surface area contributed by atoms with Gasteiger partial charge in [0.2, 0.25) is 11.9 Å². The van der Waals surface area contributed by atoms with E-state index in [1.807, 2.05) is 73.7 Å². The SMILES string of the molecule is Cc1ccccc1Nc1nc(N)nc(CN2C(=O)N[C@](C)(c3cccc4ccccc34)C2=O)n1. The largest absolute Gasteiger partial charge is 0.368 e. The van der Waals surface area contributed by atoms with E-state index in [0.717, 1.165) is 32.5 Å². The van der Waals surface area contributed by atoms with Gasteiger partial charge < -0.3 is 16.4 Å². The standard InChI is InChI=1S/C25H23N7O2/c1-15-8-3-6-13-19(15)27-23-29-20(28-22(26)30-23)14-32-21(33)25(2,31-24(32)34)18-12-7-10-16-9-4-5-11-17(16)18/h3-13H,14H2,1-2H3,(H,31,34)(H3,26,27,28,29,30)/t25-/m1/s1. The van der Waals surface area contributed by atoms with E-state index in [4.69, 9.17) is 5.73 Å². The zero-order valence-electron chi connectivity index (χ0n) is 18.7. The molecule has 1 aromatic heterocycles. The minimum Gasteiger partial charge on any atom is -0.368 e. The maximum absolute atomic E-state index is 13.5. The number of nitrogens with zero attached hydrogens (tertiary/aromatic N) is 4. The molecule has 0 bridgehead atoms. The summed E-state index contributed by atoms with van der Waals surface area (Å²) in [5.41, 5.74) is 7.22. The van der Waals surface area contributed by atoms with E-state index in [-0.39, 0.29) is 30.2 Å². The molecule has 1 saturated heterocycles. The van der Waals surface area contributed by atoms with Crippen molar-refractivity contribution in [2.24, 2.45) is 0 Å². The van der Waals surface area contributed by atoms with Gasteiger partial charge in [-0.15, -0.1) is 0 Å². The molecule has 0 spiro atoms. The first-order chi connectivity index (χ1) is 16.3. The van der Waals surface area contributed by atoms with E-state index in [2.05, 4.69) is 25.6 Å². The Bertz CT molecular complexity index is 1430. The number of rotatable bonds is 5. The molecule has 4 aromatic rings. The molecule has 1 aliphatic rings. The molecule has 3 amide bonds. The van der Waals surface area contributed by atoms with Gasteiger partial charge in [0, 0.05) is 5.69 Å². The molecule has 4 N–H and O–H groups in total. The molecule has 3 aromatic carbocycles. The van der Waals surface area contributed by atoms with Crippen LogP contribution in [0.15, 0.2) is 66.7 Å². The number of carbonyl (C=O) groups excluding carboxylic acids is 2. The molecule has 34 heavy (non-hydrogen) atoms. The maximum atomic E-state index is 13.5. The van der Waals surface area contributed by atoms with Crippen LogP contribution in [0.1, 0.15) is 23.9 Å². The first kappa shape index (κ1) is 21.3.